The number of rotatable bonds is 4. The SMILES string of the molecule is CC(C)N1CCC(NS(=O)(=O)c2ccc3c(c2)CCC3)CC1. The summed E-state index contributed by atoms with van der Waals surface area (Å²) in [6.07, 6.45) is 5.01. The third kappa shape index (κ3) is 3.36. The fourth-order valence-corrected chi connectivity index (χ4v) is 4.89. The maximum Gasteiger partial charge on any atom is 0.240 e. The largest absolute Gasteiger partial charge is 0.301 e. The summed E-state index contributed by atoms with van der Waals surface area (Å²) in [7, 11) is -3.39. The number of piperidine rings is 1. The highest BCUT2D eigenvalue weighted by Crippen LogP contribution is 2.25. The Hall–Kier alpha value is -0.910. The van der Waals surface area contributed by atoms with Gasteiger partial charge in [-0.15, -0.1) is 0 Å². The predicted molar refractivity (Wildman–Crippen MR) is 88.5 cm³/mol. The summed E-state index contributed by atoms with van der Waals surface area (Å²) >= 11 is 0. The molecule has 0 unspecified atom stereocenters. The number of sulfonamides is 1. The van der Waals surface area contributed by atoms with Gasteiger partial charge in [0.25, 0.3) is 0 Å². The van der Waals surface area contributed by atoms with Gasteiger partial charge < -0.3 is 4.90 Å². The molecule has 0 radical (unpaired) electrons. The molecule has 0 amide bonds. The number of hydrogen-bond donors (Lipinski definition) is 1. The lowest BCUT2D eigenvalue weighted by Crippen LogP contribution is -2.46. The van der Waals surface area contributed by atoms with Crippen LogP contribution >= 0.6 is 0 Å². The molecule has 1 fully saturated rings. The third-order valence-electron chi connectivity index (χ3n) is 4.96. The maximum atomic E-state index is 12.6. The Kier molecular flexibility index (Phi) is 4.57. The zero-order valence-corrected chi connectivity index (χ0v) is 14.3. The van der Waals surface area contributed by atoms with E-state index in [0.717, 1.165) is 45.2 Å². The third-order valence-corrected chi connectivity index (χ3v) is 6.48. The van der Waals surface area contributed by atoms with Crippen molar-refractivity contribution in [1.29, 1.82) is 0 Å². The second kappa shape index (κ2) is 6.30. The smallest absolute Gasteiger partial charge is 0.240 e. The Morgan fingerprint density at radius 3 is 2.50 bits per heavy atom. The van der Waals surface area contributed by atoms with Crippen molar-refractivity contribution in [3.8, 4) is 0 Å². The molecule has 3 rings (SSSR count). The van der Waals surface area contributed by atoms with Crippen LogP contribution in [0, 0.1) is 0 Å². The second-order valence-corrected chi connectivity index (χ2v) is 8.52. The van der Waals surface area contributed by atoms with E-state index >= 15 is 0 Å². The lowest BCUT2D eigenvalue weighted by molar-refractivity contribution is 0.168. The molecule has 2 aliphatic rings. The molecule has 1 aromatic carbocycles. The van der Waals surface area contributed by atoms with Gasteiger partial charge in [0.2, 0.25) is 10.0 Å². The highest BCUT2D eigenvalue weighted by molar-refractivity contribution is 7.89. The van der Waals surface area contributed by atoms with Crippen molar-refractivity contribution < 1.29 is 8.42 Å². The summed E-state index contributed by atoms with van der Waals surface area (Å²) in [5.74, 6) is 0. The van der Waals surface area contributed by atoms with Crippen molar-refractivity contribution in [3.05, 3.63) is 29.3 Å². The minimum absolute atomic E-state index is 0.0632. The van der Waals surface area contributed by atoms with Crippen molar-refractivity contribution in [2.75, 3.05) is 13.1 Å². The molecule has 0 saturated carbocycles. The van der Waals surface area contributed by atoms with E-state index in [-0.39, 0.29) is 6.04 Å². The van der Waals surface area contributed by atoms with Gasteiger partial charge in [0.05, 0.1) is 4.90 Å². The van der Waals surface area contributed by atoms with Gasteiger partial charge in [0.1, 0.15) is 0 Å². The van der Waals surface area contributed by atoms with E-state index in [4.69, 9.17) is 0 Å². The van der Waals surface area contributed by atoms with Gasteiger partial charge in [-0.3, -0.25) is 0 Å². The normalized spacial score (nSPS) is 20.5. The van der Waals surface area contributed by atoms with Crippen LogP contribution in [-0.4, -0.2) is 38.5 Å². The standard InChI is InChI=1S/C17H26N2O2S/c1-13(2)19-10-8-16(9-11-19)18-22(20,21)17-7-6-14-4-3-5-15(14)12-17/h6-7,12-13,16,18H,3-5,8-11H2,1-2H3. The van der Waals surface area contributed by atoms with Crippen LogP contribution in [0.2, 0.25) is 0 Å². The Bertz CT molecular complexity index is 632. The first kappa shape index (κ1) is 16.0. The molecule has 0 atom stereocenters. The number of nitrogens with zero attached hydrogens (tertiary/aromatic N) is 1. The van der Waals surface area contributed by atoms with Crippen LogP contribution < -0.4 is 4.72 Å². The molecule has 0 aromatic heterocycles. The Balaban J connectivity index is 1.67. The molecule has 0 bridgehead atoms. The van der Waals surface area contributed by atoms with Gasteiger partial charge in [0.15, 0.2) is 0 Å². The van der Waals surface area contributed by atoms with E-state index in [1.54, 1.807) is 6.07 Å². The van der Waals surface area contributed by atoms with E-state index in [1.165, 1.54) is 11.1 Å². The van der Waals surface area contributed by atoms with Crippen molar-refractivity contribution in [1.82, 2.24) is 9.62 Å². The first-order chi connectivity index (χ1) is 10.5. The van der Waals surface area contributed by atoms with Crippen LogP contribution in [0.3, 0.4) is 0 Å². The van der Waals surface area contributed by atoms with Gasteiger partial charge in [0, 0.05) is 12.1 Å². The molecule has 1 heterocycles. The van der Waals surface area contributed by atoms with Gasteiger partial charge in [-0.2, -0.15) is 0 Å². The minimum Gasteiger partial charge on any atom is -0.301 e. The number of fused-ring (bicyclic) bond motifs is 1. The topological polar surface area (TPSA) is 49.4 Å². The number of hydrogen-bond acceptors (Lipinski definition) is 3. The number of likely N-dealkylation sites (tertiary alicyclic amines) is 1. The van der Waals surface area contributed by atoms with Gasteiger partial charge in [-0.1, -0.05) is 6.07 Å². The van der Waals surface area contributed by atoms with Crippen molar-refractivity contribution in [3.63, 3.8) is 0 Å². The first-order valence-electron chi connectivity index (χ1n) is 8.34. The quantitative estimate of drug-likeness (QED) is 0.925. The van der Waals surface area contributed by atoms with E-state index in [2.05, 4.69) is 23.5 Å². The molecular weight excluding hydrogens is 296 g/mol. The fraction of sp³-hybridized carbons (Fsp3) is 0.647. The molecule has 22 heavy (non-hydrogen) atoms. The summed E-state index contributed by atoms with van der Waals surface area (Å²) in [5.41, 5.74) is 2.52. The highest BCUT2D eigenvalue weighted by Gasteiger charge is 2.26. The van der Waals surface area contributed by atoms with E-state index < -0.39 is 10.0 Å². The minimum atomic E-state index is -3.39. The molecule has 1 saturated heterocycles. The number of benzene rings is 1. The predicted octanol–water partition coefficient (Wildman–Crippen LogP) is 2.33. The molecule has 0 spiro atoms. The van der Waals surface area contributed by atoms with E-state index in [9.17, 15) is 8.42 Å². The zero-order chi connectivity index (χ0) is 15.7. The zero-order valence-electron chi connectivity index (χ0n) is 13.5. The lowest BCUT2D eigenvalue weighted by Gasteiger charge is -2.34. The number of aryl methyl sites for hydroxylation is 2. The monoisotopic (exact) mass is 322 g/mol. The molecule has 1 aliphatic heterocycles. The number of nitrogens with one attached hydrogen (secondary N) is 1. The van der Waals surface area contributed by atoms with Crippen LogP contribution in [0.5, 0.6) is 0 Å². The molecule has 122 valence electrons. The van der Waals surface area contributed by atoms with Crippen molar-refractivity contribution in [2.45, 2.75) is 62.9 Å². The highest BCUT2D eigenvalue weighted by atomic mass is 32.2. The van der Waals surface area contributed by atoms with Crippen LogP contribution in [0.1, 0.15) is 44.2 Å². The van der Waals surface area contributed by atoms with Crippen LogP contribution in [0.25, 0.3) is 0 Å². The van der Waals surface area contributed by atoms with Crippen LogP contribution in [-0.2, 0) is 22.9 Å². The van der Waals surface area contributed by atoms with Gasteiger partial charge in [-0.05, 0) is 82.3 Å². The lowest BCUT2D eigenvalue weighted by atomic mass is 10.1. The molecule has 4 nitrogen and oxygen atoms in total. The van der Waals surface area contributed by atoms with Crippen LogP contribution in [0.15, 0.2) is 23.1 Å². The fourth-order valence-electron chi connectivity index (χ4n) is 3.54. The summed E-state index contributed by atoms with van der Waals surface area (Å²) in [4.78, 5) is 2.83. The first-order valence-corrected chi connectivity index (χ1v) is 9.82. The van der Waals surface area contributed by atoms with E-state index in [0.29, 0.717) is 10.9 Å². The molecule has 1 N–H and O–H groups in total. The Morgan fingerprint density at radius 2 is 1.82 bits per heavy atom. The summed E-state index contributed by atoms with van der Waals surface area (Å²) in [6.45, 7) is 6.31. The summed E-state index contributed by atoms with van der Waals surface area (Å²) < 4.78 is 28.1. The molecule has 1 aliphatic carbocycles. The van der Waals surface area contributed by atoms with Crippen molar-refractivity contribution >= 4 is 10.0 Å². The maximum absolute atomic E-state index is 12.6. The van der Waals surface area contributed by atoms with Crippen LogP contribution in [0.4, 0.5) is 0 Å². The second-order valence-electron chi connectivity index (χ2n) is 6.81. The average Bonchev–Trinajstić information content (AvgIpc) is 2.94. The van der Waals surface area contributed by atoms with Gasteiger partial charge >= 0.3 is 0 Å². The van der Waals surface area contributed by atoms with Crippen molar-refractivity contribution in [2.24, 2.45) is 0 Å². The Labute approximate surface area is 134 Å². The Morgan fingerprint density at radius 1 is 1.14 bits per heavy atom. The molecule has 5 heteroatoms. The molecule has 1 aromatic rings. The molecular formula is C17H26N2O2S. The summed E-state index contributed by atoms with van der Waals surface area (Å²) in [6, 6.07) is 6.21. The van der Waals surface area contributed by atoms with E-state index in [1.807, 2.05) is 12.1 Å². The average molecular weight is 322 g/mol. The van der Waals surface area contributed by atoms with Gasteiger partial charge in [-0.25, -0.2) is 13.1 Å². The summed E-state index contributed by atoms with van der Waals surface area (Å²) in [5, 5.41) is 0.